The molecule has 0 fully saturated rings. The molecule has 0 aliphatic carbocycles. The van der Waals surface area contributed by atoms with Gasteiger partial charge in [0.2, 0.25) is 6.69 Å². The van der Waals surface area contributed by atoms with Crippen LogP contribution in [-0.2, 0) is 23.2 Å². The van der Waals surface area contributed by atoms with E-state index < -0.39 is 33.2 Å². The summed E-state index contributed by atoms with van der Waals surface area (Å²) in [5.41, 5.74) is 0. The minimum atomic E-state index is -2.53. The zero-order valence-corrected chi connectivity index (χ0v) is 19.2. The summed E-state index contributed by atoms with van der Waals surface area (Å²) in [5.74, 6) is -1.91. The SMILES string of the molecule is C.C.CC(=O)O[Si](C)(C)OC(C)=O.CC(=O)[O-].C[Si](C)(Cl)Cl.[Na+]. The first-order valence-corrected chi connectivity index (χ1v) is 13.4. The molecule has 6 nitrogen and oxygen atoms in total. The second kappa shape index (κ2) is 18.8. The van der Waals surface area contributed by atoms with Crippen LogP contribution < -0.4 is 34.7 Å². The number of carboxylic acid groups (broad SMARTS) is 1. The van der Waals surface area contributed by atoms with Gasteiger partial charge in [-0.15, -0.1) is 22.2 Å². The van der Waals surface area contributed by atoms with Gasteiger partial charge in [-0.05, 0) is 20.0 Å². The van der Waals surface area contributed by atoms with E-state index in [0.717, 1.165) is 6.92 Å². The summed E-state index contributed by atoms with van der Waals surface area (Å²) in [6.45, 7) is 8.87. The van der Waals surface area contributed by atoms with E-state index in [9.17, 15) is 9.59 Å². The van der Waals surface area contributed by atoms with E-state index in [4.69, 9.17) is 40.9 Å². The summed E-state index contributed by atoms with van der Waals surface area (Å²) in [5, 5.41) is 8.89. The maximum Gasteiger partial charge on any atom is 1.00 e. The van der Waals surface area contributed by atoms with E-state index >= 15 is 0 Å². The van der Waals surface area contributed by atoms with Crippen LogP contribution in [0.3, 0.4) is 0 Å². The third-order valence-electron chi connectivity index (χ3n) is 0.779. The Morgan fingerprint density at radius 1 is 0.826 bits per heavy atom. The number of carbonyl (C=O) groups excluding carboxylic acids is 3. The van der Waals surface area contributed by atoms with Crippen LogP contribution in [0.4, 0.5) is 0 Å². The maximum absolute atomic E-state index is 10.5. The molecule has 0 saturated carbocycles. The topological polar surface area (TPSA) is 92.7 Å². The van der Waals surface area contributed by atoms with Crippen molar-refractivity contribution >= 4 is 55.3 Å². The Kier molecular flexibility index (Phi) is 31.6. The van der Waals surface area contributed by atoms with Crippen LogP contribution in [0.25, 0.3) is 0 Å². The molecule has 0 aliphatic rings. The van der Waals surface area contributed by atoms with E-state index in [1.807, 2.05) is 13.1 Å². The zero-order valence-electron chi connectivity index (χ0n) is 13.7. The fraction of sp³-hybridized carbons (Fsp3) is 0.750. The van der Waals surface area contributed by atoms with Crippen molar-refractivity contribution in [1.82, 2.24) is 0 Å². The average molecular weight is 419 g/mol. The quantitative estimate of drug-likeness (QED) is 0.463. The van der Waals surface area contributed by atoms with Gasteiger partial charge in [0, 0.05) is 32.9 Å². The van der Waals surface area contributed by atoms with E-state index in [-0.39, 0.29) is 44.4 Å². The molecule has 23 heavy (non-hydrogen) atoms. The van der Waals surface area contributed by atoms with Crippen LogP contribution in [-0.4, -0.2) is 33.2 Å². The van der Waals surface area contributed by atoms with Crippen molar-refractivity contribution in [3.8, 4) is 0 Å². The predicted octanol–water partition coefficient (Wildman–Crippen LogP) is 0.0126. The van der Waals surface area contributed by atoms with Gasteiger partial charge in [0.1, 0.15) is 0 Å². The molecule has 0 amide bonds. The van der Waals surface area contributed by atoms with E-state index in [1.165, 1.54) is 13.8 Å². The molecular formula is C12H29Cl2NaO6Si2. The number of hydrogen-bond donors (Lipinski definition) is 0. The summed E-state index contributed by atoms with van der Waals surface area (Å²) in [6, 6.07) is 0. The number of carboxylic acids is 1. The van der Waals surface area contributed by atoms with Crippen LogP contribution in [0.15, 0.2) is 0 Å². The predicted molar refractivity (Wildman–Crippen MR) is 94.3 cm³/mol. The van der Waals surface area contributed by atoms with Crippen molar-refractivity contribution in [2.24, 2.45) is 0 Å². The van der Waals surface area contributed by atoms with E-state index in [2.05, 4.69) is 0 Å². The molecule has 0 atom stereocenters. The molecule has 0 radical (unpaired) electrons. The molecule has 0 rings (SSSR count). The average Bonchev–Trinajstić information content (AvgIpc) is 1.90. The summed E-state index contributed by atoms with van der Waals surface area (Å²) in [4.78, 5) is 29.8. The molecule has 0 aromatic heterocycles. The summed E-state index contributed by atoms with van der Waals surface area (Å²) < 4.78 is 9.61. The molecule has 0 aromatic carbocycles. The molecular weight excluding hydrogens is 390 g/mol. The Bertz CT molecular complexity index is 308. The van der Waals surface area contributed by atoms with E-state index in [1.54, 1.807) is 13.1 Å². The minimum absolute atomic E-state index is 0. The van der Waals surface area contributed by atoms with Crippen LogP contribution in [0, 0.1) is 0 Å². The second-order valence-electron chi connectivity index (χ2n) is 4.41. The molecule has 0 N–H and O–H groups in total. The van der Waals surface area contributed by atoms with Gasteiger partial charge in [-0.25, -0.2) is 0 Å². The first-order valence-electron chi connectivity index (χ1n) is 5.51. The summed E-state index contributed by atoms with van der Waals surface area (Å²) in [7, 11) is -2.53. The Hall–Kier alpha value is 0.424. The van der Waals surface area contributed by atoms with Crippen molar-refractivity contribution in [2.45, 2.75) is 61.8 Å². The molecule has 0 bridgehead atoms. The molecule has 0 heterocycles. The Balaban J connectivity index is -0.0000000516. The van der Waals surface area contributed by atoms with Crippen LogP contribution in [0.1, 0.15) is 35.6 Å². The zero-order chi connectivity index (χ0) is 17.1. The first kappa shape index (κ1) is 38.8. The molecule has 0 aliphatic heterocycles. The van der Waals surface area contributed by atoms with Gasteiger partial charge >= 0.3 is 38.1 Å². The van der Waals surface area contributed by atoms with Crippen molar-refractivity contribution in [1.29, 1.82) is 0 Å². The van der Waals surface area contributed by atoms with Gasteiger partial charge in [0.15, 0.2) is 0 Å². The standard InChI is InChI=1S/C6H12O4Si.C2H6Cl2Si.C2H4O2.2CH4.Na/c1-5(7)9-11(3,4)10-6(2)8;1-5(2,3)4;1-2(3)4;;;/h1-4H3;1-2H3;1H3,(H,3,4);2*1H4;/q;;;;;+1/p-1. The van der Waals surface area contributed by atoms with Crippen LogP contribution >= 0.6 is 22.2 Å². The molecule has 0 saturated heterocycles. The summed E-state index contributed by atoms with van der Waals surface area (Å²) in [6.07, 6.45) is 0. The van der Waals surface area contributed by atoms with Crippen molar-refractivity contribution in [3.05, 3.63) is 0 Å². The fourth-order valence-corrected chi connectivity index (χ4v) is 2.14. The minimum Gasteiger partial charge on any atom is -0.550 e. The Morgan fingerprint density at radius 3 is 1.04 bits per heavy atom. The van der Waals surface area contributed by atoms with Gasteiger partial charge < -0.3 is 18.8 Å². The number of rotatable bonds is 2. The van der Waals surface area contributed by atoms with Crippen LogP contribution in [0.5, 0.6) is 0 Å². The van der Waals surface area contributed by atoms with Gasteiger partial charge in [-0.3, -0.25) is 9.59 Å². The Morgan fingerprint density at radius 2 is 0.957 bits per heavy atom. The van der Waals surface area contributed by atoms with Gasteiger partial charge in [0.25, 0.3) is 11.9 Å². The maximum atomic E-state index is 10.5. The van der Waals surface area contributed by atoms with E-state index in [0.29, 0.717) is 0 Å². The molecule has 0 aromatic rings. The molecule has 136 valence electrons. The van der Waals surface area contributed by atoms with Crippen molar-refractivity contribution in [2.75, 3.05) is 0 Å². The first-order chi connectivity index (χ1) is 8.57. The van der Waals surface area contributed by atoms with Crippen molar-refractivity contribution in [3.63, 3.8) is 0 Å². The van der Waals surface area contributed by atoms with Gasteiger partial charge in [-0.2, -0.15) is 0 Å². The smallest absolute Gasteiger partial charge is 0.550 e. The number of carbonyl (C=O) groups is 3. The largest absolute Gasteiger partial charge is 1.00 e. The third-order valence-corrected chi connectivity index (χ3v) is 2.34. The monoisotopic (exact) mass is 418 g/mol. The number of aliphatic carboxylic acids is 1. The van der Waals surface area contributed by atoms with Gasteiger partial charge in [-0.1, -0.05) is 14.9 Å². The van der Waals surface area contributed by atoms with Gasteiger partial charge in [0.05, 0.1) is 0 Å². The molecule has 11 heteroatoms. The fourth-order valence-electron chi connectivity index (χ4n) is 0.713. The second-order valence-corrected chi connectivity index (χ2v) is 16.5. The normalized spacial score (nSPS) is 8.74. The Labute approximate surface area is 174 Å². The molecule has 0 unspecified atom stereocenters. The number of halogens is 2. The molecule has 0 spiro atoms. The summed E-state index contributed by atoms with van der Waals surface area (Å²) >= 11 is 10.9. The number of hydrogen-bond acceptors (Lipinski definition) is 6. The van der Waals surface area contributed by atoms with Crippen molar-refractivity contribution < 1.29 is 57.9 Å². The third kappa shape index (κ3) is 86.1. The van der Waals surface area contributed by atoms with Crippen LogP contribution in [0.2, 0.25) is 26.2 Å².